The quantitative estimate of drug-likeness (QED) is 0.667. The van der Waals surface area contributed by atoms with Gasteiger partial charge in [-0.2, -0.15) is 0 Å². The van der Waals surface area contributed by atoms with Crippen LogP contribution >= 0.6 is 0 Å². The minimum atomic E-state index is -1.58. The van der Waals surface area contributed by atoms with E-state index in [4.69, 9.17) is 2.79 Å². The zero-order chi connectivity index (χ0) is 6.78. The number of hydrogen-bond donors (Lipinski definition) is 0. The minimum absolute atomic E-state index is 0.940. The molecular formula is C5H15Ge2O. The van der Waals surface area contributed by atoms with E-state index < -0.39 is 28.3 Å². The van der Waals surface area contributed by atoms with Gasteiger partial charge in [-0.3, -0.25) is 0 Å². The van der Waals surface area contributed by atoms with E-state index in [9.17, 15) is 0 Å². The van der Waals surface area contributed by atoms with Gasteiger partial charge in [0.1, 0.15) is 0 Å². The van der Waals surface area contributed by atoms with E-state index >= 15 is 0 Å². The van der Waals surface area contributed by atoms with Crippen molar-refractivity contribution in [3.05, 3.63) is 0 Å². The molecule has 1 radical (unpaired) electrons. The molecule has 0 bridgehead atoms. The summed E-state index contributed by atoms with van der Waals surface area (Å²) in [5.74, 6) is 11.4. The summed E-state index contributed by atoms with van der Waals surface area (Å²) in [6.45, 7) is 0. The second-order valence-electron chi connectivity index (χ2n) is 3.12. The fourth-order valence-electron chi connectivity index (χ4n) is 0.612. The Hall–Kier alpha value is 1.05. The van der Waals surface area contributed by atoms with Gasteiger partial charge in [0.25, 0.3) is 0 Å². The summed E-state index contributed by atoms with van der Waals surface area (Å²) in [6, 6.07) is 0. The molecule has 0 atom stereocenters. The molecular weight excluding hydrogens is 221 g/mol. The van der Waals surface area contributed by atoms with Gasteiger partial charge in [-0.15, -0.1) is 0 Å². The van der Waals surface area contributed by atoms with E-state index in [0.717, 1.165) is 0 Å². The van der Waals surface area contributed by atoms with Crippen LogP contribution in [-0.4, -0.2) is 28.3 Å². The molecule has 0 saturated carbocycles. The standard InChI is InChI=1S/C5H15Ge2O/c1-6(2)8-7(3,4)5/h1-5H3. The Morgan fingerprint density at radius 2 is 1.50 bits per heavy atom. The van der Waals surface area contributed by atoms with Crippen LogP contribution in [0.2, 0.25) is 28.8 Å². The van der Waals surface area contributed by atoms with Gasteiger partial charge in [0, 0.05) is 0 Å². The molecule has 49 valence electrons. The van der Waals surface area contributed by atoms with E-state index in [-0.39, 0.29) is 0 Å². The molecule has 0 heterocycles. The zero-order valence-corrected chi connectivity index (χ0v) is 10.6. The van der Waals surface area contributed by atoms with Crippen molar-refractivity contribution < 1.29 is 2.79 Å². The topological polar surface area (TPSA) is 9.23 Å². The van der Waals surface area contributed by atoms with Crippen molar-refractivity contribution in [3.63, 3.8) is 0 Å². The molecule has 0 spiro atoms. The molecule has 0 rings (SSSR count). The van der Waals surface area contributed by atoms with Gasteiger partial charge in [-0.1, -0.05) is 0 Å². The Bertz CT molecular complexity index is 65.3. The normalized spacial score (nSPS) is 12.8. The second-order valence-corrected chi connectivity index (χ2v) is 18.5. The Morgan fingerprint density at radius 3 is 1.50 bits per heavy atom. The van der Waals surface area contributed by atoms with E-state index in [0.29, 0.717) is 0 Å². The van der Waals surface area contributed by atoms with E-state index in [1.165, 1.54) is 0 Å². The van der Waals surface area contributed by atoms with Crippen molar-refractivity contribution in [2.45, 2.75) is 28.8 Å². The summed E-state index contributed by atoms with van der Waals surface area (Å²) in [4.78, 5) is 0. The van der Waals surface area contributed by atoms with Gasteiger partial charge < -0.3 is 0 Å². The molecule has 0 aliphatic heterocycles. The van der Waals surface area contributed by atoms with Crippen molar-refractivity contribution in [1.29, 1.82) is 0 Å². The molecule has 0 saturated heterocycles. The first-order valence-corrected chi connectivity index (χ1v) is 15.1. The molecule has 8 heavy (non-hydrogen) atoms. The number of hydrogen-bond acceptors (Lipinski definition) is 1. The van der Waals surface area contributed by atoms with Crippen LogP contribution in [0.5, 0.6) is 0 Å². The summed E-state index contributed by atoms with van der Waals surface area (Å²) < 4.78 is 5.79. The monoisotopic (exact) mass is 239 g/mol. The molecule has 3 heteroatoms. The van der Waals surface area contributed by atoms with Crippen LogP contribution in [0, 0.1) is 0 Å². The van der Waals surface area contributed by atoms with Gasteiger partial charge in [-0.05, 0) is 0 Å². The summed E-state index contributed by atoms with van der Waals surface area (Å²) in [5.41, 5.74) is 0. The third-order valence-electron chi connectivity index (χ3n) is 0.510. The average Bonchev–Trinajstić information content (AvgIpc) is 1.21. The maximum atomic E-state index is 5.79. The predicted molar refractivity (Wildman–Crippen MR) is 41.9 cm³/mol. The summed E-state index contributed by atoms with van der Waals surface area (Å²) in [5, 5.41) is 0. The Morgan fingerprint density at radius 1 is 1.12 bits per heavy atom. The summed E-state index contributed by atoms with van der Waals surface area (Å²) in [7, 11) is 0. The Balaban J connectivity index is 3.39. The van der Waals surface area contributed by atoms with Crippen LogP contribution in [0.15, 0.2) is 0 Å². The van der Waals surface area contributed by atoms with Crippen LogP contribution < -0.4 is 0 Å². The van der Waals surface area contributed by atoms with Gasteiger partial charge in [0.15, 0.2) is 0 Å². The molecule has 0 N–H and O–H groups in total. The van der Waals surface area contributed by atoms with Crippen molar-refractivity contribution in [1.82, 2.24) is 0 Å². The third-order valence-corrected chi connectivity index (χ3v) is 13.8. The SMILES string of the molecule is [CH3][Ge]([CH3])[O][Ge]([CH3])([CH3])[CH3]. The summed E-state index contributed by atoms with van der Waals surface area (Å²) >= 11 is -2.52. The fraction of sp³-hybridized carbons (Fsp3) is 1.00. The van der Waals surface area contributed by atoms with Gasteiger partial charge in [-0.25, -0.2) is 0 Å². The van der Waals surface area contributed by atoms with Crippen molar-refractivity contribution in [2.24, 2.45) is 0 Å². The Kier molecular flexibility index (Phi) is 3.70. The molecule has 0 aliphatic rings. The van der Waals surface area contributed by atoms with E-state index in [1.807, 2.05) is 0 Å². The van der Waals surface area contributed by atoms with Crippen LogP contribution in [0.1, 0.15) is 0 Å². The van der Waals surface area contributed by atoms with Crippen molar-refractivity contribution in [2.75, 3.05) is 0 Å². The van der Waals surface area contributed by atoms with Crippen LogP contribution in [0.4, 0.5) is 0 Å². The summed E-state index contributed by atoms with van der Waals surface area (Å²) in [6.07, 6.45) is 0. The van der Waals surface area contributed by atoms with Gasteiger partial charge in [0.05, 0.1) is 0 Å². The van der Waals surface area contributed by atoms with E-state index in [1.54, 1.807) is 0 Å². The molecule has 1 nitrogen and oxygen atoms in total. The second kappa shape index (κ2) is 3.27. The van der Waals surface area contributed by atoms with Crippen LogP contribution in [0.25, 0.3) is 0 Å². The van der Waals surface area contributed by atoms with Crippen molar-refractivity contribution >= 4 is 28.3 Å². The third kappa shape index (κ3) is 7.05. The molecule has 0 fully saturated rings. The predicted octanol–water partition coefficient (Wildman–Crippen LogP) is 2.09. The molecule has 0 amide bonds. The molecule has 0 aromatic rings. The van der Waals surface area contributed by atoms with Crippen LogP contribution in [-0.2, 0) is 2.79 Å². The molecule has 0 aromatic carbocycles. The van der Waals surface area contributed by atoms with Crippen LogP contribution in [0.3, 0.4) is 0 Å². The van der Waals surface area contributed by atoms with E-state index in [2.05, 4.69) is 28.8 Å². The van der Waals surface area contributed by atoms with Gasteiger partial charge >= 0.3 is 59.9 Å². The fourth-order valence-corrected chi connectivity index (χ4v) is 16.5. The average molecular weight is 236 g/mol. The zero-order valence-electron chi connectivity index (χ0n) is 6.41. The molecule has 0 aliphatic carbocycles. The molecule has 0 aromatic heterocycles. The van der Waals surface area contributed by atoms with Gasteiger partial charge in [0.2, 0.25) is 0 Å². The maximum absolute atomic E-state index is 5.79. The first-order chi connectivity index (χ1) is 3.42. The number of rotatable bonds is 2. The van der Waals surface area contributed by atoms with Crippen molar-refractivity contribution in [3.8, 4) is 0 Å². The first kappa shape index (κ1) is 9.05. The Labute approximate surface area is 60.0 Å². The first-order valence-electron chi connectivity index (χ1n) is 2.91. The molecule has 0 unspecified atom stereocenters.